The van der Waals surface area contributed by atoms with Crippen LogP contribution in [0.1, 0.15) is 0 Å². The van der Waals surface area contributed by atoms with Crippen LogP contribution in [0, 0.1) is 5.82 Å². The van der Waals surface area contributed by atoms with Gasteiger partial charge in [-0.2, -0.15) is 0 Å². The number of rotatable bonds is 1. The van der Waals surface area contributed by atoms with Crippen LogP contribution in [0.2, 0.25) is 0 Å². The van der Waals surface area contributed by atoms with Gasteiger partial charge in [-0.3, -0.25) is 0 Å². The lowest BCUT2D eigenvalue weighted by Crippen LogP contribution is -2.35. The molecule has 1 aromatic carbocycles. The van der Waals surface area contributed by atoms with Crippen molar-refractivity contribution >= 4 is 0 Å². The summed E-state index contributed by atoms with van der Waals surface area (Å²) in [6.07, 6.45) is -0.172. The summed E-state index contributed by atoms with van der Waals surface area (Å²) in [7, 11) is 0. The molecular weight excluding hydrogens is 173 g/mol. The molecule has 0 aliphatic carbocycles. The number of nitrogens with two attached hydrogens (primary N) is 1. The lowest BCUT2D eigenvalue weighted by Gasteiger charge is -2.25. The van der Waals surface area contributed by atoms with Crippen LogP contribution >= 0.6 is 0 Å². The van der Waals surface area contributed by atoms with E-state index in [0.717, 1.165) is 0 Å². The summed E-state index contributed by atoms with van der Waals surface area (Å²) in [5.41, 5.74) is 5.40. The van der Waals surface area contributed by atoms with Crippen molar-refractivity contribution in [3.05, 3.63) is 24.0 Å². The van der Waals surface area contributed by atoms with Gasteiger partial charge in [0.25, 0.3) is 0 Å². The molecule has 0 spiro atoms. The van der Waals surface area contributed by atoms with Gasteiger partial charge in [0.2, 0.25) is 0 Å². The summed E-state index contributed by atoms with van der Waals surface area (Å²) in [5, 5.41) is 0. The van der Waals surface area contributed by atoms with Crippen molar-refractivity contribution in [3.63, 3.8) is 0 Å². The number of hydrogen-bond acceptors (Lipinski definition) is 3. The Morgan fingerprint density at radius 1 is 1.46 bits per heavy atom. The average Bonchev–Trinajstić information content (AvgIpc) is 2.16. The lowest BCUT2D eigenvalue weighted by atomic mass is 10.2. The van der Waals surface area contributed by atoms with Crippen molar-refractivity contribution < 1.29 is 13.9 Å². The summed E-state index contributed by atoms with van der Waals surface area (Å²) in [6.45, 7) is 0.797. The fourth-order valence-electron chi connectivity index (χ4n) is 1.21. The van der Waals surface area contributed by atoms with Crippen LogP contribution < -0.4 is 15.2 Å². The molecule has 0 amide bonds. The van der Waals surface area contributed by atoms with Gasteiger partial charge in [0.1, 0.15) is 18.5 Å². The summed E-state index contributed by atoms with van der Waals surface area (Å²) in [4.78, 5) is 0. The standard InChI is InChI=1S/C9H10FNO2/c10-6-1-2-8-9(3-6)13-7(4-11)5-12-8/h1-3,7H,4-5,11H2/t7-/m0/s1. The molecule has 70 valence electrons. The van der Waals surface area contributed by atoms with E-state index in [0.29, 0.717) is 24.7 Å². The molecule has 2 rings (SSSR count). The first-order valence-corrected chi connectivity index (χ1v) is 4.08. The van der Waals surface area contributed by atoms with Crippen molar-refractivity contribution in [2.24, 2.45) is 5.73 Å². The normalized spacial score (nSPS) is 20.0. The minimum Gasteiger partial charge on any atom is -0.486 e. The van der Waals surface area contributed by atoms with Gasteiger partial charge in [0.05, 0.1) is 0 Å². The van der Waals surface area contributed by atoms with Crippen LogP contribution in [-0.4, -0.2) is 19.3 Å². The first-order chi connectivity index (χ1) is 6.29. The molecule has 0 saturated carbocycles. The minimum absolute atomic E-state index is 0.172. The van der Waals surface area contributed by atoms with E-state index in [2.05, 4.69) is 0 Å². The molecule has 1 aliphatic rings. The monoisotopic (exact) mass is 183 g/mol. The second-order valence-corrected chi connectivity index (χ2v) is 2.88. The first kappa shape index (κ1) is 8.31. The predicted molar refractivity (Wildman–Crippen MR) is 45.4 cm³/mol. The molecule has 2 N–H and O–H groups in total. The smallest absolute Gasteiger partial charge is 0.164 e. The van der Waals surface area contributed by atoms with Crippen molar-refractivity contribution in [2.75, 3.05) is 13.2 Å². The maximum Gasteiger partial charge on any atom is 0.164 e. The summed E-state index contributed by atoms with van der Waals surface area (Å²) >= 11 is 0. The van der Waals surface area contributed by atoms with Gasteiger partial charge in [0.15, 0.2) is 11.5 Å². The maximum atomic E-state index is 12.8. The van der Waals surface area contributed by atoms with E-state index in [-0.39, 0.29) is 11.9 Å². The third-order valence-corrected chi connectivity index (χ3v) is 1.89. The number of fused-ring (bicyclic) bond motifs is 1. The molecule has 1 aromatic rings. The molecule has 0 radical (unpaired) electrons. The van der Waals surface area contributed by atoms with Gasteiger partial charge in [-0.05, 0) is 12.1 Å². The number of hydrogen-bond donors (Lipinski definition) is 1. The topological polar surface area (TPSA) is 44.5 Å². The Labute approximate surface area is 75.3 Å². The summed E-state index contributed by atoms with van der Waals surface area (Å²) in [6, 6.07) is 4.19. The van der Waals surface area contributed by atoms with Crippen LogP contribution in [0.15, 0.2) is 18.2 Å². The van der Waals surface area contributed by atoms with E-state index in [9.17, 15) is 4.39 Å². The molecule has 1 aliphatic heterocycles. The van der Waals surface area contributed by atoms with Crippen LogP contribution in [0.3, 0.4) is 0 Å². The molecule has 1 heterocycles. The second-order valence-electron chi connectivity index (χ2n) is 2.88. The SMILES string of the molecule is NC[C@H]1COc2ccc(F)cc2O1. The lowest BCUT2D eigenvalue weighted by molar-refractivity contribution is 0.0963. The molecule has 1 atom stereocenters. The van der Waals surface area contributed by atoms with E-state index >= 15 is 0 Å². The predicted octanol–water partition coefficient (Wildman–Crippen LogP) is 0.924. The molecule has 4 heteroatoms. The van der Waals surface area contributed by atoms with Gasteiger partial charge in [0, 0.05) is 12.6 Å². The van der Waals surface area contributed by atoms with Crippen molar-refractivity contribution in [1.29, 1.82) is 0 Å². The Bertz CT molecular complexity index is 316. The number of ether oxygens (including phenoxy) is 2. The number of halogens is 1. The highest BCUT2D eigenvalue weighted by Gasteiger charge is 2.19. The Morgan fingerprint density at radius 3 is 3.08 bits per heavy atom. The molecule has 0 bridgehead atoms. The fraction of sp³-hybridized carbons (Fsp3) is 0.333. The zero-order valence-corrected chi connectivity index (χ0v) is 7.00. The van der Waals surface area contributed by atoms with Crippen molar-refractivity contribution in [3.8, 4) is 11.5 Å². The third kappa shape index (κ3) is 1.58. The molecule has 0 aromatic heterocycles. The zero-order chi connectivity index (χ0) is 9.26. The van der Waals surface area contributed by atoms with Gasteiger partial charge < -0.3 is 15.2 Å². The zero-order valence-electron chi connectivity index (χ0n) is 7.00. The quantitative estimate of drug-likeness (QED) is 0.704. The van der Waals surface area contributed by atoms with Crippen molar-refractivity contribution in [1.82, 2.24) is 0 Å². The van der Waals surface area contributed by atoms with Gasteiger partial charge in [-0.15, -0.1) is 0 Å². The Balaban J connectivity index is 2.27. The highest BCUT2D eigenvalue weighted by Crippen LogP contribution is 2.31. The minimum atomic E-state index is -0.333. The van der Waals surface area contributed by atoms with Gasteiger partial charge in [-0.25, -0.2) is 4.39 Å². The fourth-order valence-corrected chi connectivity index (χ4v) is 1.21. The van der Waals surface area contributed by atoms with Crippen LogP contribution in [0.5, 0.6) is 11.5 Å². The van der Waals surface area contributed by atoms with Crippen molar-refractivity contribution in [2.45, 2.75) is 6.10 Å². The number of benzene rings is 1. The average molecular weight is 183 g/mol. The van der Waals surface area contributed by atoms with E-state index < -0.39 is 0 Å². The van der Waals surface area contributed by atoms with E-state index in [1.54, 1.807) is 6.07 Å². The third-order valence-electron chi connectivity index (χ3n) is 1.89. The van der Waals surface area contributed by atoms with Crippen LogP contribution in [-0.2, 0) is 0 Å². The Hall–Kier alpha value is -1.29. The summed E-state index contributed by atoms with van der Waals surface area (Å²) < 4.78 is 23.4. The van der Waals surface area contributed by atoms with Gasteiger partial charge in [-0.1, -0.05) is 0 Å². The van der Waals surface area contributed by atoms with E-state index in [4.69, 9.17) is 15.2 Å². The van der Waals surface area contributed by atoms with E-state index in [1.807, 2.05) is 0 Å². The molecule has 13 heavy (non-hydrogen) atoms. The first-order valence-electron chi connectivity index (χ1n) is 4.08. The van der Waals surface area contributed by atoms with E-state index in [1.165, 1.54) is 12.1 Å². The van der Waals surface area contributed by atoms with Crippen LogP contribution in [0.25, 0.3) is 0 Å². The Morgan fingerprint density at radius 2 is 2.31 bits per heavy atom. The summed E-state index contributed by atoms with van der Waals surface area (Å²) in [5.74, 6) is 0.674. The molecule has 0 fully saturated rings. The van der Waals surface area contributed by atoms with Crippen LogP contribution in [0.4, 0.5) is 4.39 Å². The second kappa shape index (κ2) is 3.22. The largest absolute Gasteiger partial charge is 0.486 e. The highest BCUT2D eigenvalue weighted by molar-refractivity contribution is 5.41. The maximum absolute atomic E-state index is 12.8. The molecule has 3 nitrogen and oxygen atoms in total. The molecular formula is C9H10FNO2. The Kier molecular flexibility index (Phi) is 2.06. The molecule has 0 saturated heterocycles. The highest BCUT2D eigenvalue weighted by atomic mass is 19.1. The molecule has 0 unspecified atom stereocenters. The van der Waals surface area contributed by atoms with Gasteiger partial charge >= 0.3 is 0 Å².